The average molecular weight is 380 g/mol. The number of hydrogen-bond donors (Lipinski definition) is 1. The normalized spacial score (nSPS) is 11.0. The van der Waals surface area contributed by atoms with Gasteiger partial charge < -0.3 is 4.74 Å². The molecule has 2 heterocycles. The Hall–Kier alpha value is -2.13. The van der Waals surface area contributed by atoms with Crippen LogP contribution in [0.1, 0.15) is 30.6 Å². The van der Waals surface area contributed by atoms with Gasteiger partial charge in [-0.1, -0.05) is 30.3 Å². The van der Waals surface area contributed by atoms with E-state index in [4.69, 9.17) is 16.3 Å². The van der Waals surface area contributed by atoms with Gasteiger partial charge in [-0.05, 0) is 47.5 Å². The van der Waals surface area contributed by atoms with E-state index >= 15 is 0 Å². The topological polar surface area (TPSA) is 94.4 Å². The number of aromatic amines is 1. The number of aromatic nitrogens is 7. The molecule has 0 amide bonds. The Bertz CT molecular complexity index is 835. The minimum absolute atomic E-state index is 0.308. The predicted molar refractivity (Wildman–Crippen MR) is 94.6 cm³/mol. The average Bonchev–Trinajstić information content (AvgIpc) is 3.24. The predicted octanol–water partition coefficient (Wildman–Crippen LogP) is 3.03. The summed E-state index contributed by atoms with van der Waals surface area (Å²) in [7, 11) is 0. The summed E-state index contributed by atoms with van der Waals surface area (Å²) in [5.74, 6) is 2.82. The first-order valence-corrected chi connectivity index (χ1v) is 9.20. The Morgan fingerprint density at radius 3 is 3.04 bits per heavy atom. The summed E-state index contributed by atoms with van der Waals surface area (Å²) in [5, 5.41) is 20.1. The number of halogens is 1. The molecule has 0 unspecified atom stereocenters. The zero-order valence-corrected chi connectivity index (χ0v) is 15.5. The molecule has 1 aromatic carbocycles. The maximum atomic E-state index is 6.01. The molecule has 0 aliphatic carbocycles. The third-order valence-electron chi connectivity index (χ3n) is 3.39. The largest absolute Gasteiger partial charge is 0.486 e. The molecular formula is C15H18ClN7OS. The van der Waals surface area contributed by atoms with Crippen molar-refractivity contribution in [2.75, 3.05) is 0 Å². The van der Waals surface area contributed by atoms with Crippen molar-refractivity contribution in [3.8, 4) is 5.75 Å². The summed E-state index contributed by atoms with van der Waals surface area (Å²) in [6.07, 6.45) is 0.981. The van der Waals surface area contributed by atoms with Crippen molar-refractivity contribution < 1.29 is 4.74 Å². The van der Waals surface area contributed by atoms with Crippen LogP contribution in [0.2, 0.25) is 5.02 Å². The van der Waals surface area contributed by atoms with Crippen LogP contribution in [-0.2, 0) is 18.9 Å². The summed E-state index contributed by atoms with van der Waals surface area (Å²) in [5.41, 5.74) is 0.970. The number of tetrazole rings is 1. The molecular weight excluding hydrogens is 362 g/mol. The van der Waals surface area contributed by atoms with Crippen molar-refractivity contribution in [1.82, 2.24) is 35.4 Å². The van der Waals surface area contributed by atoms with Crippen LogP contribution in [0, 0.1) is 6.92 Å². The second-order valence-corrected chi connectivity index (χ2v) is 6.72. The van der Waals surface area contributed by atoms with Gasteiger partial charge in [-0.3, -0.25) is 5.10 Å². The van der Waals surface area contributed by atoms with Crippen LogP contribution in [0.5, 0.6) is 5.75 Å². The number of ether oxygens (including phenoxy) is 1. The van der Waals surface area contributed by atoms with Gasteiger partial charge in [0.1, 0.15) is 12.4 Å². The van der Waals surface area contributed by atoms with Crippen LogP contribution in [0.4, 0.5) is 0 Å². The van der Waals surface area contributed by atoms with Crippen molar-refractivity contribution in [3.63, 3.8) is 0 Å². The molecule has 3 aromatic rings. The molecule has 0 saturated carbocycles. The van der Waals surface area contributed by atoms with E-state index in [0.717, 1.165) is 35.1 Å². The highest BCUT2D eigenvalue weighted by Crippen LogP contribution is 2.22. The highest BCUT2D eigenvalue weighted by molar-refractivity contribution is 7.98. The second kappa shape index (κ2) is 8.30. The summed E-state index contributed by atoms with van der Waals surface area (Å²) in [4.78, 5) is 4.41. The van der Waals surface area contributed by atoms with E-state index < -0.39 is 0 Å². The SMILES string of the molecule is CCCn1nnnc1CSc1n[nH]c(COc2ccc(Cl)c(C)c2)n1. The maximum absolute atomic E-state index is 6.01. The van der Waals surface area contributed by atoms with E-state index in [2.05, 4.69) is 37.6 Å². The van der Waals surface area contributed by atoms with Crippen molar-refractivity contribution in [2.24, 2.45) is 0 Å². The van der Waals surface area contributed by atoms with E-state index in [0.29, 0.717) is 23.3 Å². The first-order valence-electron chi connectivity index (χ1n) is 7.83. The fraction of sp³-hybridized carbons (Fsp3) is 0.400. The highest BCUT2D eigenvalue weighted by atomic mass is 35.5. The van der Waals surface area contributed by atoms with Crippen LogP contribution in [0.15, 0.2) is 23.4 Å². The van der Waals surface area contributed by atoms with E-state index in [1.54, 1.807) is 4.68 Å². The van der Waals surface area contributed by atoms with Gasteiger partial charge >= 0.3 is 0 Å². The standard InChI is InChI=1S/C15H18ClN7OS/c1-3-6-23-14(19-21-22-23)9-25-15-17-13(18-20-15)8-24-11-4-5-12(16)10(2)7-11/h4-5,7H,3,6,8-9H2,1-2H3,(H,17,18,20). The van der Waals surface area contributed by atoms with Gasteiger partial charge in [-0.25, -0.2) is 9.67 Å². The van der Waals surface area contributed by atoms with Crippen molar-refractivity contribution in [3.05, 3.63) is 40.4 Å². The van der Waals surface area contributed by atoms with Crippen LogP contribution in [-0.4, -0.2) is 35.4 Å². The molecule has 0 aliphatic heterocycles. The molecule has 25 heavy (non-hydrogen) atoms. The Morgan fingerprint density at radius 1 is 1.36 bits per heavy atom. The van der Waals surface area contributed by atoms with Crippen LogP contribution < -0.4 is 4.74 Å². The third kappa shape index (κ3) is 4.70. The van der Waals surface area contributed by atoms with E-state index in [1.807, 2.05) is 25.1 Å². The zero-order chi connectivity index (χ0) is 17.6. The summed E-state index contributed by atoms with van der Waals surface area (Å²) in [6.45, 7) is 5.13. The fourth-order valence-electron chi connectivity index (χ4n) is 2.11. The molecule has 8 nitrogen and oxygen atoms in total. The molecule has 1 N–H and O–H groups in total. The first kappa shape index (κ1) is 17.7. The van der Waals surface area contributed by atoms with Gasteiger partial charge in [0, 0.05) is 11.6 Å². The minimum atomic E-state index is 0.308. The lowest BCUT2D eigenvalue weighted by molar-refractivity contribution is 0.296. The third-order valence-corrected chi connectivity index (χ3v) is 4.66. The zero-order valence-electron chi connectivity index (χ0n) is 13.9. The monoisotopic (exact) mass is 379 g/mol. The van der Waals surface area contributed by atoms with Gasteiger partial charge in [-0.2, -0.15) is 0 Å². The van der Waals surface area contributed by atoms with Crippen LogP contribution >= 0.6 is 23.4 Å². The van der Waals surface area contributed by atoms with Crippen LogP contribution in [0.25, 0.3) is 0 Å². The van der Waals surface area contributed by atoms with Crippen molar-refractivity contribution in [2.45, 2.75) is 44.3 Å². The maximum Gasteiger partial charge on any atom is 0.208 e. The second-order valence-electron chi connectivity index (χ2n) is 5.37. The number of rotatable bonds is 8. The number of nitrogens with zero attached hydrogens (tertiary/aromatic N) is 6. The Labute approximate surface area is 154 Å². The number of benzene rings is 1. The summed E-state index contributed by atoms with van der Waals surface area (Å²) < 4.78 is 7.50. The molecule has 2 aromatic heterocycles. The number of H-pyrrole nitrogens is 1. The lowest BCUT2D eigenvalue weighted by Crippen LogP contribution is -2.04. The van der Waals surface area contributed by atoms with Crippen molar-refractivity contribution in [1.29, 1.82) is 0 Å². The Balaban J connectivity index is 1.53. The minimum Gasteiger partial charge on any atom is -0.486 e. The molecule has 0 atom stereocenters. The molecule has 0 radical (unpaired) electrons. The van der Waals surface area contributed by atoms with E-state index in [-0.39, 0.29) is 0 Å². The molecule has 0 bridgehead atoms. The molecule has 0 saturated heterocycles. The van der Waals surface area contributed by atoms with Gasteiger partial charge in [-0.15, -0.1) is 10.2 Å². The summed E-state index contributed by atoms with van der Waals surface area (Å²) >= 11 is 7.48. The van der Waals surface area contributed by atoms with E-state index in [1.165, 1.54) is 11.8 Å². The lowest BCUT2D eigenvalue weighted by atomic mass is 10.2. The number of thioether (sulfide) groups is 1. The summed E-state index contributed by atoms with van der Waals surface area (Å²) in [6, 6.07) is 5.53. The smallest absolute Gasteiger partial charge is 0.208 e. The number of hydrogen-bond acceptors (Lipinski definition) is 7. The lowest BCUT2D eigenvalue weighted by Gasteiger charge is -2.05. The molecule has 0 spiro atoms. The van der Waals surface area contributed by atoms with Gasteiger partial charge in [0.05, 0.1) is 5.75 Å². The van der Waals surface area contributed by atoms with Crippen molar-refractivity contribution >= 4 is 23.4 Å². The van der Waals surface area contributed by atoms with E-state index in [9.17, 15) is 0 Å². The fourth-order valence-corrected chi connectivity index (χ4v) is 2.97. The first-order chi connectivity index (χ1) is 12.2. The Kier molecular flexibility index (Phi) is 5.87. The van der Waals surface area contributed by atoms with Crippen LogP contribution in [0.3, 0.4) is 0 Å². The molecule has 10 heteroatoms. The number of aryl methyl sites for hydroxylation is 2. The molecule has 3 rings (SSSR count). The number of nitrogens with one attached hydrogen (secondary N) is 1. The molecule has 0 fully saturated rings. The Morgan fingerprint density at radius 2 is 2.24 bits per heavy atom. The quantitative estimate of drug-likeness (QED) is 0.601. The van der Waals surface area contributed by atoms with Gasteiger partial charge in [0.15, 0.2) is 11.6 Å². The van der Waals surface area contributed by atoms with Gasteiger partial charge in [0.2, 0.25) is 5.16 Å². The van der Waals surface area contributed by atoms with Gasteiger partial charge in [0.25, 0.3) is 0 Å². The molecule has 132 valence electrons. The molecule has 0 aliphatic rings. The highest BCUT2D eigenvalue weighted by Gasteiger charge is 2.10.